The lowest BCUT2D eigenvalue weighted by molar-refractivity contribution is 0.0786. The lowest BCUT2D eigenvalue weighted by Gasteiger charge is -2.17. The van der Waals surface area contributed by atoms with Crippen LogP contribution in [0.1, 0.15) is 15.2 Å². The third-order valence-corrected chi connectivity index (χ3v) is 4.43. The Morgan fingerprint density at radius 3 is 2.55 bits per heavy atom. The molecular weight excluding hydrogens is 344 g/mol. The molecule has 106 valence electrons. The molecule has 1 aromatic carbocycles. The average Bonchev–Trinajstić information content (AvgIpc) is 2.78. The van der Waals surface area contributed by atoms with Crippen molar-refractivity contribution in [2.75, 3.05) is 7.05 Å². The molecule has 0 saturated carbocycles. The summed E-state index contributed by atoms with van der Waals surface area (Å²) in [4.78, 5) is 14.6. The van der Waals surface area contributed by atoms with E-state index in [1.807, 2.05) is 6.07 Å². The minimum atomic E-state index is -0.674. The molecule has 0 fully saturated rings. The summed E-state index contributed by atoms with van der Waals surface area (Å²) in [6, 6.07) is 5.86. The van der Waals surface area contributed by atoms with Crippen molar-refractivity contribution < 1.29 is 9.18 Å². The second-order valence-electron chi connectivity index (χ2n) is 4.11. The molecule has 0 radical (unpaired) electrons. The van der Waals surface area contributed by atoms with E-state index >= 15 is 0 Å². The van der Waals surface area contributed by atoms with Gasteiger partial charge >= 0.3 is 0 Å². The molecule has 0 aliphatic heterocycles. The Kier molecular flexibility index (Phi) is 4.91. The molecule has 0 saturated heterocycles. The lowest BCUT2D eigenvalue weighted by atomic mass is 10.2. The molecule has 7 heteroatoms. The fourth-order valence-electron chi connectivity index (χ4n) is 1.63. The third kappa shape index (κ3) is 3.44. The largest absolute Gasteiger partial charge is 0.337 e. The maximum atomic E-state index is 13.4. The van der Waals surface area contributed by atoms with E-state index in [0.29, 0.717) is 10.9 Å². The maximum Gasteiger partial charge on any atom is 0.255 e. The van der Waals surface area contributed by atoms with Gasteiger partial charge in [0.1, 0.15) is 5.82 Å². The molecule has 0 aliphatic carbocycles. The number of benzene rings is 1. The molecule has 1 heterocycles. The first-order valence-electron chi connectivity index (χ1n) is 5.52. The van der Waals surface area contributed by atoms with E-state index in [1.165, 1.54) is 22.3 Å². The van der Waals surface area contributed by atoms with Crippen LogP contribution in [-0.2, 0) is 6.54 Å². The van der Waals surface area contributed by atoms with Crippen LogP contribution >= 0.6 is 46.1 Å². The molecule has 0 unspecified atom stereocenters. The fraction of sp³-hybridized carbons (Fsp3) is 0.154. The van der Waals surface area contributed by atoms with Crippen molar-refractivity contribution in [2.45, 2.75) is 6.54 Å². The van der Waals surface area contributed by atoms with Crippen LogP contribution in [0.2, 0.25) is 14.4 Å². The summed E-state index contributed by atoms with van der Waals surface area (Å²) in [5, 5.41) is 0.0108. The van der Waals surface area contributed by atoms with Gasteiger partial charge in [-0.25, -0.2) is 4.39 Å². The topological polar surface area (TPSA) is 20.3 Å². The number of nitrogens with zero attached hydrogens (tertiary/aromatic N) is 1. The lowest BCUT2D eigenvalue weighted by Crippen LogP contribution is -2.26. The van der Waals surface area contributed by atoms with Crippen LogP contribution in [0.3, 0.4) is 0 Å². The Labute approximate surface area is 134 Å². The number of thiophene rings is 1. The molecule has 0 aliphatic rings. The summed E-state index contributed by atoms with van der Waals surface area (Å²) >= 11 is 18.8. The zero-order chi connectivity index (χ0) is 14.9. The monoisotopic (exact) mass is 351 g/mol. The molecule has 0 bridgehead atoms. The Balaban J connectivity index is 2.20. The van der Waals surface area contributed by atoms with Crippen molar-refractivity contribution in [1.29, 1.82) is 0 Å². The molecule has 20 heavy (non-hydrogen) atoms. The fourth-order valence-corrected chi connectivity index (χ4v) is 3.24. The number of carbonyl (C=O) groups excluding carboxylic acids is 1. The van der Waals surface area contributed by atoms with E-state index in [0.717, 1.165) is 10.9 Å². The van der Waals surface area contributed by atoms with Crippen LogP contribution in [0.4, 0.5) is 4.39 Å². The molecule has 0 atom stereocenters. The highest BCUT2D eigenvalue weighted by atomic mass is 35.5. The Hall–Kier alpha value is -0.810. The maximum absolute atomic E-state index is 13.4. The van der Waals surface area contributed by atoms with Gasteiger partial charge in [-0.3, -0.25) is 4.79 Å². The van der Waals surface area contributed by atoms with Gasteiger partial charge in [-0.1, -0.05) is 34.8 Å². The molecule has 2 nitrogen and oxygen atoms in total. The number of amides is 1. The number of carbonyl (C=O) groups is 1. The average molecular weight is 353 g/mol. The standard InChI is InChI=1S/C13H9Cl3FNOS/c1-18(6-7-2-3-12(16)20-7)13(19)8-4-11(17)10(15)5-9(8)14/h2-5H,6H2,1H3. The van der Waals surface area contributed by atoms with Gasteiger partial charge in [0.2, 0.25) is 0 Å². The normalized spacial score (nSPS) is 10.7. The quantitative estimate of drug-likeness (QED) is 0.702. The second kappa shape index (κ2) is 6.31. The van der Waals surface area contributed by atoms with Crippen LogP contribution in [0.25, 0.3) is 0 Å². The summed E-state index contributed by atoms with van der Waals surface area (Å²) in [7, 11) is 1.61. The van der Waals surface area contributed by atoms with Gasteiger partial charge in [-0.2, -0.15) is 0 Å². The third-order valence-electron chi connectivity index (χ3n) is 2.61. The smallest absolute Gasteiger partial charge is 0.255 e. The van der Waals surface area contributed by atoms with E-state index in [2.05, 4.69) is 0 Å². The van der Waals surface area contributed by atoms with Gasteiger partial charge in [0.25, 0.3) is 5.91 Å². The molecule has 2 rings (SSSR count). The Morgan fingerprint density at radius 1 is 1.25 bits per heavy atom. The van der Waals surface area contributed by atoms with E-state index in [-0.39, 0.29) is 21.5 Å². The van der Waals surface area contributed by atoms with Gasteiger partial charge < -0.3 is 4.90 Å². The first-order chi connectivity index (χ1) is 9.38. The van der Waals surface area contributed by atoms with Crippen molar-refractivity contribution >= 4 is 52.0 Å². The minimum Gasteiger partial charge on any atom is -0.337 e. The highest BCUT2D eigenvalue weighted by Gasteiger charge is 2.18. The van der Waals surface area contributed by atoms with Crippen LogP contribution in [-0.4, -0.2) is 17.9 Å². The number of halogens is 4. The molecule has 0 spiro atoms. The number of hydrogen-bond donors (Lipinski definition) is 0. The van der Waals surface area contributed by atoms with Gasteiger partial charge in [-0.15, -0.1) is 11.3 Å². The zero-order valence-corrected chi connectivity index (χ0v) is 13.4. The molecule has 0 N–H and O–H groups in total. The van der Waals surface area contributed by atoms with Gasteiger partial charge in [0.05, 0.1) is 26.5 Å². The Morgan fingerprint density at radius 2 is 1.95 bits per heavy atom. The van der Waals surface area contributed by atoms with Crippen molar-refractivity contribution in [3.05, 3.63) is 54.9 Å². The first-order valence-corrected chi connectivity index (χ1v) is 7.47. The van der Waals surface area contributed by atoms with Gasteiger partial charge in [0.15, 0.2) is 0 Å². The van der Waals surface area contributed by atoms with Crippen molar-refractivity contribution in [1.82, 2.24) is 4.90 Å². The predicted molar refractivity (Wildman–Crippen MR) is 81.5 cm³/mol. The highest BCUT2D eigenvalue weighted by molar-refractivity contribution is 7.16. The molecule has 1 amide bonds. The molecular formula is C13H9Cl3FNOS. The first kappa shape index (κ1) is 15.6. The number of rotatable bonds is 3. The number of hydrogen-bond acceptors (Lipinski definition) is 2. The summed E-state index contributed by atoms with van der Waals surface area (Å²) in [5.41, 5.74) is 0.0821. The van der Waals surface area contributed by atoms with Crippen LogP contribution < -0.4 is 0 Å². The van der Waals surface area contributed by atoms with Gasteiger partial charge in [-0.05, 0) is 24.3 Å². The van der Waals surface area contributed by atoms with Gasteiger partial charge in [0, 0.05) is 11.9 Å². The SMILES string of the molecule is CN(Cc1ccc(Cl)s1)C(=O)c1cc(F)c(Cl)cc1Cl. The van der Waals surface area contributed by atoms with Crippen LogP contribution in [0.5, 0.6) is 0 Å². The van der Waals surface area contributed by atoms with E-state index in [1.54, 1.807) is 13.1 Å². The van der Waals surface area contributed by atoms with Crippen molar-refractivity contribution in [3.63, 3.8) is 0 Å². The summed E-state index contributed by atoms with van der Waals surface area (Å²) < 4.78 is 14.1. The summed E-state index contributed by atoms with van der Waals surface area (Å²) in [6.07, 6.45) is 0. The Bertz CT molecular complexity index is 659. The van der Waals surface area contributed by atoms with E-state index < -0.39 is 5.82 Å². The summed E-state index contributed by atoms with van der Waals surface area (Å²) in [6.45, 7) is 0.372. The highest BCUT2D eigenvalue weighted by Crippen LogP contribution is 2.27. The predicted octanol–water partition coefficient (Wildman–Crippen LogP) is 5.12. The summed E-state index contributed by atoms with van der Waals surface area (Å²) in [5.74, 6) is -1.05. The van der Waals surface area contributed by atoms with Crippen LogP contribution in [0, 0.1) is 5.82 Å². The molecule has 2 aromatic rings. The minimum absolute atomic E-state index is 0.0821. The van der Waals surface area contributed by atoms with Crippen molar-refractivity contribution in [2.24, 2.45) is 0 Å². The zero-order valence-electron chi connectivity index (χ0n) is 10.3. The molecule has 1 aromatic heterocycles. The van der Waals surface area contributed by atoms with Crippen molar-refractivity contribution in [3.8, 4) is 0 Å². The van der Waals surface area contributed by atoms with E-state index in [9.17, 15) is 9.18 Å². The van der Waals surface area contributed by atoms with Crippen LogP contribution in [0.15, 0.2) is 24.3 Å². The van der Waals surface area contributed by atoms with E-state index in [4.69, 9.17) is 34.8 Å². The second-order valence-corrected chi connectivity index (χ2v) is 6.73.